The van der Waals surface area contributed by atoms with Crippen molar-refractivity contribution in [2.24, 2.45) is 0 Å². The fraction of sp³-hybridized carbons (Fsp3) is 0.375. The van der Waals surface area contributed by atoms with Gasteiger partial charge in [0.05, 0.1) is 13.7 Å². The molecule has 0 aliphatic carbocycles. The molecular weight excluding hydrogens is 270 g/mol. The highest BCUT2D eigenvalue weighted by Crippen LogP contribution is 2.17. The Morgan fingerprint density at radius 3 is 2.45 bits per heavy atom. The lowest BCUT2D eigenvalue weighted by atomic mass is 10.1. The first-order valence-electron chi connectivity index (χ1n) is 6.72. The molecule has 0 spiro atoms. The van der Waals surface area contributed by atoms with E-state index in [2.05, 4.69) is 29.6 Å². The van der Waals surface area contributed by atoms with Crippen molar-refractivity contribution < 1.29 is 9.47 Å². The second-order valence-corrected chi connectivity index (χ2v) is 5.83. The number of ether oxygens (including phenoxy) is 2. The molecule has 0 aliphatic rings. The predicted octanol–water partition coefficient (Wildman–Crippen LogP) is 3.24. The molecule has 1 aromatic carbocycles. The predicted molar refractivity (Wildman–Crippen MR) is 83.4 cm³/mol. The van der Waals surface area contributed by atoms with E-state index in [0.717, 1.165) is 25.3 Å². The van der Waals surface area contributed by atoms with E-state index in [9.17, 15) is 0 Å². The number of rotatable bonds is 8. The van der Waals surface area contributed by atoms with Gasteiger partial charge in [-0.15, -0.1) is 11.3 Å². The third-order valence-corrected chi connectivity index (χ3v) is 4.11. The summed E-state index contributed by atoms with van der Waals surface area (Å²) in [4.78, 5) is 2.63. The molecule has 0 amide bonds. The van der Waals surface area contributed by atoms with Crippen LogP contribution in [0.4, 0.5) is 0 Å². The van der Waals surface area contributed by atoms with Gasteiger partial charge in [-0.05, 0) is 42.8 Å². The van der Waals surface area contributed by atoms with Crippen molar-refractivity contribution in [3.05, 3.63) is 51.7 Å². The standard InChI is InChI=1S/C16H21NO2S/c1-18-12-16-8-7-15(20-16)11-17-10-9-13-3-5-14(19-2)6-4-13/h3-8,17H,9-12H2,1-2H3. The van der Waals surface area contributed by atoms with Gasteiger partial charge >= 0.3 is 0 Å². The number of thiophene rings is 1. The van der Waals surface area contributed by atoms with Crippen LogP contribution in [0.15, 0.2) is 36.4 Å². The second-order valence-electron chi connectivity index (χ2n) is 4.58. The van der Waals surface area contributed by atoms with Crippen molar-refractivity contribution in [2.45, 2.75) is 19.6 Å². The molecule has 4 heteroatoms. The molecule has 0 unspecified atom stereocenters. The average Bonchev–Trinajstić information content (AvgIpc) is 2.92. The van der Waals surface area contributed by atoms with E-state index in [0.29, 0.717) is 6.61 Å². The molecule has 2 rings (SSSR count). The lowest BCUT2D eigenvalue weighted by molar-refractivity contribution is 0.187. The Bertz CT molecular complexity index is 507. The van der Waals surface area contributed by atoms with Gasteiger partial charge in [-0.1, -0.05) is 12.1 Å². The summed E-state index contributed by atoms with van der Waals surface area (Å²) in [6.45, 7) is 2.60. The van der Waals surface area contributed by atoms with Crippen molar-refractivity contribution in [3.63, 3.8) is 0 Å². The third kappa shape index (κ3) is 4.63. The van der Waals surface area contributed by atoms with Gasteiger partial charge in [0.2, 0.25) is 0 Å². The molecule has 0 saturated carbocycles. The Balaban J connectivity index is 1.69. The van der Waals surface area contributed by atoms with Crippen LogP contribution in [0.25, 0.3) is 0 Å². The lowest BCUT2D eigenvalue weighted by Crippen LogP contribution is -2.15. The van der Waals surface area contributed by atoms with Gasteiger partial charge in [0, 0.05) is 23.4 Å². The first kappa shape index (κ1) is 15.0. The van der Waals surface area contributed by atoms with Crippen molar-refractivity contribution in [3.8, 4) is 5.75 Å². The van der Waals surface area contributed by atoms with E-state index in [1.54, 1.807) is 25.6 Å². The number of methoxy groups -OCH3 is 2. The molecule has 0 aliphatic heterocycles. The molecule has 1 N–H and O–H groups in total. The van der Waals surface area contributed by atoms with Gasteiger partial charge in [0.1, 0.15) is 5.75 Å². The quantitative estimate of drug-likeness (QED) is 0.757. The molecule has 2 aromatic rings. The molecular formula is C16H21NO2S. The summed E-state index contributed by atoms with van der Waals surface area (Å²) in [7, 11) is 3.42. The van der Waals surface area contributed by atoms with Crippen LogP contribution >= 0.6 is 11.3 Å². The molecule has 108 valence electrons. The minimum absolute atomic E-state index is 0.705. The number of hydrogen-bond acceptors (Lipinski definition) is 4. The number of nitrogens with one attached hydrogen (secondary N) is 1. The summed E-state index contributed by atoms with van der Waals surface area (Å²) in [6.07, 6.45) is 1.03. The Hall–Kier alpha value is -1.36. The Labute approximate surface area is 124 Å². The van der Waals surface area contributed by atoms with E-state index in [-0.39, 0.29) is 0 Å². The minimum Gasteiger partial charge on any atom is -0.497 e. The summed E-state index contributed by atoms with van der Waals surface area (Å²) in [5.41, 5.74) is 1.32. The van der Waals surface area contributed by atoms with E-state index >= 15 is 0 Å². The van der Waals surface area contributed by atoms with E-state index in [4.69, 9.17) is 9.47 Å². The first-order chi connectivity index (χ1) is 9.81. The zero-order valence-corrected chi connectivity index (χ0v) is 12.8. The van der Waals surface area contributed by atoms with Gasteiger partial charge in [-0.25, -0.2) is 0 Å². The smallest absolute Gasteiger partial charge is 0.118 e. The van der Waals surface area contributed by atoms with E-state index < -0.39 is 0 Å². The molecule has 0 atom stereocenters. The highest BCUT2D eigenvalue weighted by atomic mass is 32.1. The molecule has 1 heterocycles. The molecule has 3 nitrogen and oxygen atoms in total. The van der Waals surface area contributed by atoms with Crippen LogP contribution in [0.5, 0.6) is 5.75 Å². The molecule has 20 heavy (non-hydrogen) atoms. The number of hydrogen-bond donors (Lipinski definition) is 1. The van der Waals surface area contributed by atoms with Crippen molar-refractivity contribution in [2.75, 3.05) is 20.8 Å². The normalized spacial score (nSPS) is 10.7. The maximum atomic E-state index is 5.15. The molecule has 1 aromatic heterocycles. The summed E-state index contributed by atoms with van der Waals surface area (Å²) in [6, 6.07) is 12.5. The van der Waals surface area contributed by atoms with Gasteiger partial charge in [0.15, 0.2) is 0 Å². The monoisotopic (exact) mass is 291 g/mol. The Kier molecular flexibility index (Phi) is 6.05. The molecule has 0 saturated heterocycles. The van der Waals surface area contributed by atoms with Crippen molar-refractivity contribution in [1.29, 1.82) is 0 Å². The third-order valence-electron chi connectivity index (χ3n) is 3.05. The molecule has 0 radical (unpaired) electrons. The SMILES string of the molecule is COCc1ccc(CNCCc2ccc(OC)cc2)s1. The van der Waals surface area contributed by atoms with Gasteiger partial charge in [-0.3, -0.25) is 0 Å². The fourth-order valence-electron chi connectivity index (χ4n) is 1.97. The Morgan fingerprint density at radius 2 is 1.75 bits per heavy atom. The highest BCUT2D eigenvalue weighted by Gasteiger charge is 2.00. The Morgan fingerprint density at radius 1 is 1.00 bits per heavy atom. The zero-order chi connectivity index (χ0) is 14.2. The summed E-state index contributed by atoms with van der Waals surface area (Å²) in [5, 5.41) is 3.47. The van der Waals surface area contributed by atoms with Crippen molar-refractivity contribution >= 4 is 11.3 Å². The van der Waals surface area contributed by atoms with Crippen molar-refractivity contribution in [1.82, 2.24) is 5.32 Å². The van der Waals surface area contributed by atoms with Crippen LogP contribution in [0.1, 0.15) is 15.3 Å². The van der Waals surface area contributed by atoms with Gasteiger partial charge < -0.3 is 14.8 Å². The van der Waals surface area contributed by atoms with Crippen LogP contribution in [-0.4, -0.2) is 20.8 Å². The summed E-state index contributed by atoms with van der Waals surface area (Å²) in [5.74, 6) is 0.908. The van der Waals surface area contributed by atoms with Gasteiger partial charge in [-0.2, -0.15) is 0 Å². The van der Waals surface area contributed by atoms with Crippen LogP contribution in [0, 0.1) is 0 Å². The number of benzene rings is 1. The maximum absolute atomic E-state index is 5.15. The van der Waals surface area contributed by atoms with Crippen LogP contribution in [0.3, 0.4) is 0 Å². The topological polar surface area (TPSA) is 30.5 Å². The average molecular weight is 291 g/mol. The lowest BCUT2D eigenvalue weighted by Gasteiger charge is -2.05. The highest BCUT2D eigenvalue weighted by molar-refractivity contribution is 7.11. The summed E-state index contributed by atoms with van der Waals surface area (Å²) < 4.78 is 10.3. The van der Waals surface area contributed by atoms with E-state index in [1.165, 1.54) is 15.3 Å². The van der Waals surface area contributed by atoms with Crippen LogP contribution < -0.4 is 10.1 Å². The molecule has 0 bridgehead atoms. The minimum atomic E-state index is 0.705. The fourth-order valence-corrected chi connectivity index (χ4v) is 2.93. The zero-order valence-electron chi connectivity index (χ0n) is 12.0. The summed E-state index contributed by atoms with van der Waals surface area (Å²) >= 11 is 1.80. The first-order valence-corrected chi connectivity index (χ1v) is 7.53. The van der Waals surface area contributed by atoms with Gasteiger partial charge in [0.25, 0.3) is 0 Å². The largest absolute Gasteiger partial charge is 0.497 e. The van der Waals surface area contributed by atoms with Crippen LogP contribution in [-0.2, 0) is 24.3 Å². The van der Waals surface area contributed by atoms with Crippen LogP contribution in [0.2, 0.25) is 0 Å². The molecule has 0 fully saturated rings. The van der Waals surface area contributed by atoms with E-state index in [1.807, 2.05) is 12.1 Å². The second kappa shape index (κ2) is 8.04. The maximum Gasteiger partial charge on any atom is 0.118 e.